The smallest absolute Gasteiger partial charge is 0.433 e. The molecule has 1 aliphatic heterocycles. The number of carbonyl (C=O) groups is 2. The molecular formula is C15H18F3N3O3. The Kier molecular flexibility index (Phi) is 5.00. The number of anilines is 1. The number of nitrogens with zero attached hydrogens (tertiary/aromatic N) is 3. The molecule has 2 amide bonds. The molecule has 2 heterocycles. The molecule has 0 radical (unpaired) electrons. The van der Waals surface area contributed by atoms with E-state index in [1.807, 2.05) is 13.8 Å². The standard InChI is InChI=1S/C15H18F3N3O3/c1-9(2)5-11-7-20(14(24)21(11)8-13(22)23)10-3-4-12(19-6-10)15(16,17)18/h3-4,6,9,11H,5,7-8H2,1-2H3,(H,22,23)/t11-/m0/s1. The Balaban J connectivity index is 2.24. The van der Waals surface area contributed by atoms with Gasteiger partial charge in [0.15, 0.2) is 0 Å². The Bertz CT molecular complexity index is 617. The summed E-state index contributed by atoms with van der Waals surface area (Å²) in [7, 11) is 0. The highest BCUT2D eigenvalue weighted by Crippen LogP contribution is 2.30. The molecule has 9 heteroatoms. The van der Waals surface area contributed by atoms with Crippen molar-refractivity contribution in [1.29, 1.82) is 0 Å². The van der Waals surface area contributed by atoms with Crippen molar-refractivity contribution >= 4 is 17.7 Å². The molecule has 1 saturated heterocycles. The van der Waals surface area contributed by atoms with Gasteiger partial charge >= 0.3 is 18.2 Å². The van der Waals surface area contributed by atoms with E-state index in [-0.39, 0.29) is 24.2 Å². The highest BCUT2D eigenvalue weighted by molar-refractivity contribution is 5.96. The van der Waals surface area contributed by atoms with Crippen molar-refractivity contribution in [2.45, 2.75) is 32.5 Å². The first kappa shape index (κ1) is 18.0. The van der Waals surface area contributed by atoms with Crippen molar-refractivity contribution in [3.8, 4) is 0 Å². The molecule has 1 fully saturated rings. The van der Waals surface area contributed by atoms with Crippen LogP contribution in [0.5, 0.6) is 0 Å². The van der Waals surface area contributed by atoms with Crippen LogP contribution < -0.4 is 4.90 Å². The number of hydrogen-bond donors (Lipinski definition) is 1. The van der Waals surface area contributed by atoms with Gasteiger partial charge in [-0.15, -0.1) is 0 Å². The molecule has 0 saturated carbocycles. The molecule has 1 aliphatic rings. The van der Waals surface area contributed by atoms with Gasteiger partial charge < -0.3 is 10.0 Å². The summed E-state index contributed by atoms with van der Waals surface area (Å²) in [6, 6.07) is 1.13. The monoisotopic (exact) mass is 345 g/mol. The zero-order valence-electron chi connectivity index (χ0n) is 13.2. The van der Waals surface area contributed by atoms with Gasteiger partial charge in [0.05, 0.1) is 17.9 Å². The number of carbonyl (C=O) groups excluding carboxylic acids is 1. The van der Waals surface area contributed by atoms with Crippen molar-refractivity contribution in [2.75, 3.05) is 18.0 Å². The second-order valence-corrected chi connectivity index (χ2v) is 6.10. The Hall–Kier alpha value is -2.32. The van der Waals surface area contributed by atoms with Crippen LogP contribution in [-0.4, -0.2) is 46.1 Å². The first-order valence-corrected chi connectivity index (χ1v) is 7.42. The number of carboxylic acids is 1. The molecule has 0 spiro atoms. The quantitative estimate of drug-likeness (QED) is 0.891. The fraction of sp³-hybridized carbons (Fsp3) is 0.533. The third-order valence-corrected chi connectivity index (χ3v) is 3.71. The van der Waals surface area contributed by atoms with Crippen LogP contribution in [-0.2, 0) is 11.0 Å². The highest BCUT2D eigenvalue weighted by atomic mass is 19.4. The first-order chi connectivity index (χ1) is 11.1. The predicted octanol–water partition coefficient (Wildman–Crippen LogP) is 2.84. The number of alkyl halides is 3. The molecule has 0 unspecified atom stereocenters. The Morgan fingerprint density at radius 1 is 1.42 bits per heavy atom. The van der Waals surface area contributed by atoms with Gasteiger partial charge in [-0.1, -0.05) is 13.8 Å². The van der Waals surface area contributed by atoms with Crippen LogP contribution in [0.1, 0.15) is 26.0 Å². The van der Waals surface area contributed by atoms with Crippen LogP contribution in [0.25, 0.3) is 0 Å². The maximum absolute atomic E-state index is 12.6. The summed E-state index contributed by atoms with van der Waals surface area (Å²) in [6.07, 6.45) is -2.97. The summed E-state index contributed by atoms with van der Waals surface area (Å²) in [5.41, 5.74) is -0.825. The average Bonchev–Trinajstić information content (AvgIpc) is 2.74. The number of hydrogen-bond acceptors (Lipinski definition) is 3. The van der Waals surface area contributed by atoms with E-state index in [9.17, 15) is 22.8 Å². The van der Waals surface area contributed by atoms with E-state index in [0.29, 0.717) is 6.42 Å². The molecule has 0 bridgehead atoms. The minimum atomic E-state index is -4.55. The SMILES string of the molecule is CC(C)C[C@H]1CN(c2ccc(C(F)(F)F)nc2)C(=O)N1CC(=O)O. The number of rotatable bonds is 5. The molecule has 2 rings (SSSR count). The number of amides is 2. The number of urea groups is 1. The lowest BCUT2D eigenvalue weighted by Gasteiger charge is -2.22. The lowest BCUT2D eigenvalue weighted by molar-refractivity contribution is -0.141. The minimum absolute atomic E-state index is 0.217. The topological polar surface area (TPSA) is 73.7 Å². The van der Waals surface area contributed by atoms with E-state index in [2.05, 4.69) is 4.98 Å². The highest BCUT2D eigenvalue weighted by Gasteiger charge is 2.39. The second kappa shape index (κ2) is 6.66. The van der Waals surface area contributed by atoms with Gasteiger partial charge in [0.2, 0.25) is 0 Å². The molecule has 1 aromatic rings. The normalized spacial score (nSPS) is 18.6. The number of carboxylic acid groups (broad SMARTS) is 1. The van der Waals surface area contributed by atoms with E-state index in [1.54, 1.807) is 0 Å². The fourth-order valence-corrected chi connectivity index (χ4v) is 2.72. The zero-order valence-corrected chi connectivity index (χ0v) is 13.2. The van der Waals surface area contributed by atoms with E-state index < -0.39 is 30.4 Å². The number of aliphatic carboxylic acids is 1. The summed E-state index contributed by atoms with van der Waals surface area (Å²) >= 11 is 0. The van der Waals surface area contributed by atoms with Gasteiger partial charge in [-0.2, -0.15) is 13.2 Å². The van der Waals surface area contributed by atoms with Gasteiger partial charge in [0.1, 0.15) is 12.2 Å². The van der Waals surface area contributed by atoms with Crippen molar-refractivity contribution in [3.63, 3.8) is 0 Å². The van der Waals surface area contributed by atoms with Crippen molar-refractivity contribution in [3.05, 3.63) is 24.0 Å². The molecule has 6 nitrogen and oxygen atoms in total. The van der Waals surface area contributed by atoms with Crippen LogP contribution in [0.3, 0.4) is 0 Å². The summed E-state index contributed by atoms with van der Waals surface area (Å²) in [5, 5.41) is 8.98. The van der Waals surface area contributed by atoms with Crippen LogP contribution in [0, 0.1) is 5.92 Å². The Morgan fingerprint density at radius 2 is 2.08 bits per heavy atom. The average molecular weight is 345 g/mol. The van der Waals surface area contributed by atoms with E-state index in [1.165, 1.54) is 15.9 Å². The Morgan fingerprint density at radius 3 is 2.54 bits per heavy atom. The van der Waals surface area contributed by atoms with E-state index >= 15 is 0 Å². The molecule has 24 heavy (non-hydrogen) atoms. The predicted molar refractivity (Wildman–Crippen MR) is 79.6 cm³/mol. The molecule has 0 aliphatic carbocycles. The van der Waals surface area contributed by atoms with Gasteiger partial charge in [-0.25, -0.2) is 9.78 Å². The van der Waals surface area contributed by atoms with E-state index in [0.717, 1.165) is 12.3 Å². The summed E-state index contributed by atoms with van der Waals surface area (Å²) in [6.45, 7) is 3.68. The number of pyridine rings is 1. The number of aromatic nitrogens is 1. The molecule has 1 atom stereocenters. The van der Waals surface area contributed by atoms with Crippen LogP contribution in [0.2, 0.25) is 0 Å². The molecule has 0 aromatic carbocycles. The largest absolute Gasteiger partial charge is 0.480 e. The maximum Gasteiger partial charge on any atom is 0.433 e. The van der Waals surface area contributed by atoms with Crippen molar-refractivity contribution in [2.24, 2.45) is 5.92 Å². The molecular weight excluding hydrogens is 327 g/mol. The molecule has 132 valence electrons. The Labute approximate surface area is 136 Å². The number of halogens is 3. The van der Waals surface area contributed by atoms with Crippen LogP contribution in [0.15, 0.2) is 18.3 Å². The third-order valence-electron chi connectivity index (χ3n) is 3.71. The van der Waals surface area contributed by atoms with Gasteiger partial charge in [-0.05, 0) is 24.5 Å². The van der Waals surface area contributed by atoms with Crippen LogP contribution >= 0.6 is 0 Å². The fourth-order valence-electron chi connectivity index (χ4n) is 2.72. The second-order valence-electron chi connectivity index (χ2n) is 6.10. The third kappa shape index (κ3) is 3.95. The lowest BCUT2D eigenvalue weighted by Crippen LogP contribution is -2.39. The first-order valence-electron chi connectivity index (χ1n) is 7.42. The minimum Gasteiger partial charge on any atom is -0.480 e. The summed E-state index contributed by atoms with van der Waals surface area (Å²) in [5.74, 6) is -0.894. The summed E-state index contributed by atoms with van der Waals surface area (Å²) in [4.78, 5) is 29.3. The zero-order chi connectivity index (χ0) is 18.1. The summed E-state index contributed by atoms with van der Waals surface area (Å²) < 4.78 is 37.7. The van der Waals surface area contributed by atoms with Gasteiger partial charge in [-0.3, -0.25) is 9.69 Å². The van der Waals surface area contributed by atoms with Crippen molar-refractivity contribution < 1.29 is 27.9 Å². The van der Waals surface area contributed by atoms with Crippen LogP contribution in [0.4, 0.5) is 23.7 Å². The van der Waals surface area contributed by atoms with Gasteiger partial charge in [0.25, 0.3) is 0 Å². The van der Waals surface area contributed by atoms with Crippen molar-refractivity contribution in [1.82, 2.24) is 9.88 Å². The lowest BCUT2D eigenvalue weighted by atomic mass is 10.0. The van der Waals surface area contributed by atoms with E-state index in [4.69, 9.17) is 5.11 Å². The molecule has 1 aromatic heterocycles. The maximum atomic E-state index is 12.6. The molecule has 1 N–H and O–H groups in total. The van der Waals surface area contributed by atoms with Gasteiger partial charge in [0, 0.05) is 6.54 Å².